The zero-order valence-electron chi connectivity index (χ0n) is 26.1. The summed E-state index contributed by atoms with van der Waals surface area (Å²) in [7, 11) is 0. The monoisotopic (exact) mass is 627 g/mol. The molecule has 0 saturated heterocycles. The summed E-state index contributed by atoms with van der Waals surface area (Å²) in [6.45, 7) is 0.517. The van der Waals surface area contributed by atoms with E-state index in [0.717, 1.165) is 22.3 Å². The number of rotatable bonds is 17. The summed E-state index contributed by atoms with van der Waals surface area (Å²) in [5.74, 6) is 0. The van der Waals surface area contributed by atoms with Crippen LogP contribution in [0, 0.1) is 0 Å². The molecule has 0 bridgehead atoms. The lowest BCUT2D eigenvalue weighted by atomic mass is 9.75. The van der Waals surface area contributed by atoms with Gasteiger partial charge in [0.1, 0.15) is 23.9 Å². The molecule has 4 unspecified atom stereocenters. The third kappa shape index (κ3) is 9.54. The Hall–Kier alpha value is -3.44. The first kappa shape index (κ1) is 33.9. The van der Waals surface area contributed by atoms with Crippen molar-refractivity contribution >= 4 is 0 Å². The first-order valence-corrected chi connectivity index (χ1v) is 15.9. The minimum atomic E-state index is -1.51. The predicted octanol–water partition coefficient (Wildman–Crippen LogP) is 4.41. The lowest BCUT2D eigenvalue weighted by molar-refractivity contribution is -0.256. The smallest absolute Gasteiger partial charge is 0.118 e. The highest BCUT2D eigenvalue weighted by atomic mass is 16.6. The SMILES string of the molecule is OCC(CO)NC1C[C@](O)(COCc2ccccc2)C(OCc2ccccc2)C(OCc2ccccc2)C1OCc1ccccc1. The highest BCUT2D eigenvalue weighted by Gasteiger charge is 2.55. The zero-order chi connectivity index (χ0) is 32.0. The van der Waals surface area contributed by atoms with E-state index in [1.54, 1.807) is 0 Å². The van der Waals surface area contributed by atoms with Gasteiger partial charge in [-0.2, -0.15) is 0 Å². The molecule has 5 atom stereocenters. The molecular weight excluding hydrogens is 582 g/mol. The molecule has 1 aliphatic rings. The molecule has 0 aliphatic heterocycles. The van der Waals surface area contributed by atoms with E-state index in [1.807, 2.05) is 121 Å². The lowest BCUT2D eigenvalue weighted by Crippen LogP contribution is -2.70. The van der Waals surface area contributed by atoms with Gasteiger partial charge in [0.25, 0.3) is 0 Å². The van der Waals surface area contributed by atoms with Crippen LogP contribution in [0.15, 0.2) is 121 Å². The molecule has 0 spiro atoms. The van der Waals surface area contributed by atoms with Crippen LogP contribution in [-0.4, -0.2) is 71.1 Å². The molecule has 5 rings (SSSR count). The zero-order valence-corrected chi connectivity index (χ0v) is 26.1. The summed E-state index contributed by atoms with van der Waals surface area (Å²) in [6, 6.07) is 38.2. The van der Waals surface area contributed by atoms with Gasteiger partial charge in [0, 0.05) is 6.04 Å². The second kappa shape index (κ2) is 17.5. The van der Waals surface area contributed by atoms with Crippen molar-refractivity contribution in [3.63, 3.8) is 0 Å². The molecule has 1 fully saturated rings. The summed E-state index contributed by atoms with van der Waals surface area (Å²) in [6.07, 6.45) is -2.03. The van der Waals surface area contributed by atoms with Gasteiger partial charge in [-0.3, -0.25) is 0 Å². The number of hydrogen-bond acceptors (Lipinski definition) is 8. The van der Waals surface area contributed by atoms with Gasteiger partial charge in [-0.15, -0.1) is 0 Å². The van der Waals surface area contributed by atoms with Gasteiger partial charge < -0.3 is 39.6 Å². The number of benzene rings is 4. The van der Waals surface area contributed by atoms with Gasteiger partial charge in [0.05, 0.1) is 52.3 Å². The quantitative estimate of drug-likeness (QED) is 0.136. The van der Waals surface area contributed by atoms with Gasteiger partial charge in [0.2, 0.25) is 0 Å². The lowest BCUT2D eigenvalue weighted by Gasteiger charge is -2.51. The van der Waals surface area contributed by atoms with Crippen molar-refractivity contribution in [3.05, 3.63) is 144 Å². The first-order valence-electron chi connectivity index (χ1n) is 15.9. The highest BCUT2D eigenvalue weighted by molar-refractivity contribution is 5.18. The summed E-state index contributed by atoms with van der Waals surface area (Å²) < 4.78 is 26.1. The van der Waals surface area contributed by atoms with E-state index in [4.69, 9.17) is 18.9 Å². The molecule has 8 nitrogen and oxygen atoms in total. The third-order valence-electron chi connectivity index (χ3n) is 8.32. The minimum absolute atomic E-state index is 0.0287. The van der Waals surface area contributed by atoms with E-state index < -0.39 is 36.0 Å². The summed E-state index contributed by atoms with van der Waals surface area (Å²) in [4.78, 5) is 0. The van der Waals surface area contributed by atoms with Crippen LogP contribution in [0.25, 0.3) is 0 Å². The van der Waals surface area contributed by atoms with Crippen LogP contribution in [0.1, 0.15) is 28.7 Å². The summed E-state index contributed by atoms with van der Waals surface area (Å²) in [5.41, 5.74) is 2.38. The van der Waals surface area contributed by atoms with Crippen molar-refractivity contribution < 1.29 is 34.3 Å². The maximum atomic E-state index is 12.5. The number of hydrogen-bond donors (Lipinski definition) is 4. The fraction of sp³-hybridized carbons (Fsp3) is 0.368. The highest BCUT2D eigenvalue weighted by Crippen LogP contribution is 2.37. The second-order valence-corrected chi connectivity index (χ2v) is 11.9. The van der Waals surface area contributed by atoms with Crippen molar-refractivity contribution in [1.82, 2.24) is 5.32 Å². The van der Waals surface area contributed by atoms with Gasteiger partial charge >= 0.3 is 0 Å². The van der Waals surface area contributed by atoms with Crippen LogP contribution in [0.3, 0.4) is 0 Å². The van der Waals surface area contributed by atoms with Crippen LogP contribution in [0.2, 0.25) is 0 Å². The number of nitrogens with one attached hydrogen (secondary N) is 1. The molecule has 1 saturated carbocycles. The Morgan fingerprint density at radius 2 is 1.00 bits per heavy atom. The number of ether oxygens (including phenoxy) is 4. The van der Waals surface area contributed by atoms with Crippen LogP contribution in [-0.2, 0) is 45.4 Å². The minimum Gasteiger partial charge on any atom is -0.395 e. The van der Waals surface area contributed by atoms with Crippen LogP contribution < -0.4 is 5.32 Å². The molecule has 1 aliphatic carbocycles. The molecule has 0 radical (unpaired) electrons. The van der Waals surface area contributed by atoms with Crippen molar-refractivity contribution in [2.75, 3.05) is 19.8 Å². The molecule has 8 heteroatoms. The van der Waals surface area contributed by atoms with Crippen LogP contribution in [0.4, 0.5) is 0 Å². The Morgan fingerprint density at radius 1 is 0.587 bits per heavy atom. The first-order chi connectivity index (χ1) is 22.6. The van der Waals surface area contributed by atoms with E-state index in [1.165, 1.54) is 0 Å². The van der Waals surface area contributed by atoms with Crippen LogP contribution in [0.5, 0.6) is 0 Å². The van der Waals surface area contributed by atoms with Crippen molar-refractivity contribution in [2.24, 2.45) is 0 Å². The normalized spacial score (nSPS) is 23.0. The van der Waals surface area contributed by atoms with Gasteiger partial charge in [-0.25, -0.2) is 0 Å². The molecule has 244 valence electrons. The molecule has 4 aromatic carbocycles. The maximum absolute atomic E-state index is 12.5. The van der Waals surface area contributed by atoms with Crippen molar-refractivity contribution in [1.29, 1.82) is 0 Å². The van der Waals surface area contributed by atoms with E-state index >= 15 is 0 Å². The standard InChI is InChI=1S/C38H45NO7/c40-22-33(23-41)39-34-21-38(42,28-43-24-29-13-5-1-6-14-29)37(46-27-32-19-11-4-12-20-32)36(45-26-31-17-9-3-10-18-31)35(34)44-25-30-15-7-2-8-16-30/h1-20,33-37,39-42H,21-28H2/t34?,35?,36?,37?,38-/m0/s1. The number of aliphatic hydroxyl groups is 3. The van der Waals surface area contributed by atoms with Crippen LogP contribution >= 0.6 is 0 Å². The predicted molar refractivity (Wildman–Crippen MR) is 176 cm³/mol. The van der Waals surface area contributed by atoms with E-state index in [-0.39, 0.29) is 39.5 Å². The summed E-state index contributed by atoms with van der Waals surface area (Å²) >= 11 is 0. The fourth-order valence-corrected chi connectivity index (χ4v) is 5.94. The number of aliphatic hydroxyl groups excluding tert-OH is 2. The Morgan fingerprint density at radius 3 is 1.46 bits per heavy atom. The molecule has 0 aromatic heterocycles. The van der Waals surface area contributed by atoms with Gasteiger partial charge in [0.15, 0.2) is 0 Å². The molecule has 0 heterocycles. The molecular formula is C38H45NO7. The van der Waals surface area contributed by atoms with E-state index in [2.05, 4.69) is 5.32 Å². The van der Waals surface area contributed by atoms with Gasteiger partial charge in [-0.1, -0.05) is 121 Å². The maximum Gasteiger partial charge on any atom is 0.118 e. The Bertz CT molecular complexity index is 1390. The Labute approximate surface area is 271 Å². The second-order valence-electron chi connectivity index (χ2n) is 11.9. The molecule has 46 heavy (non-hydrogen) atoms. The third-order valence-corrected chi connectivity index (χ3v) is 8.32. The van der Waals surface area contributed by atoms with Gasteiger partial charge in [-0.05, 0) is 28.7 Å². The summed E-state index contributed by atoms with van der Waals surface area (Å²) in [5, 5.41) is 35.9. The Balaban J connectivity index is 1.48. The molecule has 0 amide bonds. The largest absolute Gasteiger partial charge is 0.395 e. The Kier molecular flexibility index (Phi) is 12.9. The van der Waals surface area contributed by atoms with E-state index in [0.29, 0.717) is 13.2 Å². The average Bonchev–Trinajstić information content (AvgIpc) is 3.10. The topological polar surface area (TPSA) is 110 Å². The van der Waals surface area contributed by atoms with Crippen molar-refractivity contribution in [3.8, 4) is 0 Å². The molecule has 4 aromatic rings. The van der Waals surface area contributed by atoms with Crippen molar-refractivity contribution in [2.45, 2.75) is 68.8 Å². The van der Waals surface area contributed by atoms with E-state index in [9.17, 15) is 15.3 Å². The average molecular weight is 628 g/mol. The fourth-order valence-electron chi connectivity index (χ4n) is 5.94. The molecule has 4 N–H and O–H groups in total.